The van der Waals surface area contributed by atoms with Crippen LogP contribution in [-0.4, -0.2) is 14.8 Å². The zero-order chi connectivity index (χ0) is 10.8. The van der Waals surface area contributed by atoms with Crippen LogP contribution in [0.4, 0.5) is 0 Å². The summed E-state index contributed by atoms with van der Waals surface area (Å²) >= 11 is 6.00. The van der Waals surface area contributed by atoms with Crippen molar-refractivity contribution in [2.45, 2.75) is 6.04 Å². The maximum absolute atomic E-state index is 6.04. The van der Waals surface area contributed by atoms with E-state index in [2.05, 4.69) is 10.1 Å². The largest absolute Gasteiger partial charge is 0.319 e. The van der Waals surface area contributed by atoms with Gasteiger partial charge in [-0.15, -0.1) is 0 Å². The average molecular weight is 223 g/mol. The van der Waals surface area contributed by atoms with Gasteiger partial charge in [-0.1, -0.05) is 11.6 Å². The SMILES string of the molecule is Cn1ccc(C(N)c2ccncc2Cl)n1. The number of nitrogens with two attached hydrogens (primary N) is 1. The summed E-state index contributed by atoms with van der Waals surface area (Å²) in [6, 6.07) is 3.38. The number of hydrogen-bond acceptors (Lipinski definition) is 3. The second-order valence-corrected chi connectivity index (χ2v) is 3.70. The van der Waals surface area contributed by atoms with Crippen LogP contribution in [0.2, 0.25) is 5.02 Å². The summed E-state index contributed by atoms with van der Waals surface area (Å²) in [5.74, 6) is 0. The van der Waals surface area contributed by atoms with Crippen molar-refractivity contribution >= 4 is 11.6 Å². The Bertz CT molecular complexity index is 466. The van der Waals surface area contributed by atoms with E-state index < -0.39 is 0 Å². The predicted octanol–water partition coefficient (Wildman–Crippen LogP) is 1.52. The van der Waals surface area contributed by atoms with Gasteiger partial charge in [0.25, 0.3) is 0 Å². The minimum Gasteiger partial charge on any atom is -0.319 e. The smallest absolute Gasteiger partial charge is 0.0837 e. The molecule has 0 fully saturated rings. The van der Waals surface area contributed by atoms with Gasteiger partial charge in [0, 0.05) is 25.6 Å². The average Bonchev–Trinajstić information content (AvgIpc) is 2.65. The van der Waals surface area contributed by atoms with E-state index in [4.69, 9.17) is 17.3 Å². The Kier molecular flexibility index (Phi) is 2.70. The van der Waals surface area contributed by atoms with Crippen molar-refractivity contribution in [1.29, 1.82) is 0 Å². The lowest BCUT2D eigenvalue weighted by atomic mass is 10.1. The van der Waals surface area contributed by atoms with Crippen molar-refractivity contribution in [2.24, 2.45) is 12.8 Å². The molecule has 1 atom stereocenters. The van der Waals surface area contributed by atoms with Crippen LogP contribution in [0.5, 0.6) is 0 Å². The Labute approximate surface area is 92.7 Å². The lowest BCUT2D eigenvalue weighted by Gasteiger charge is -2.10. The molecule has 0 aliphatic carbocycles. The molecule has 2 rings (SSSR count). The standard InChI is InChI=1S/C10H11ClN4/c1-15-5-3-9(14-15)10(12)7-2-4-13-6-8(7)11/h2-6,10H,12H2,1H3. The van der Waals surface area contributed by atoms with Gasteiger partial charge in [-0.05, 0) is 17.7 Å². The minimum absolute atomic E-state index is 0.304. The molecular weight excluding hydrogens is 212 g/mol. The van der Waals surface area contributed by atoms with Crippen LogP contribution in [0.25, 0.3) is 0 Å². The van der Waals surface area contributed by atoms with Gasteiger partial charge in [0.1, 0.15) is 0 Å². The normalized spacial score (nSPS) is 12.7. The van der Waals surface area contributed by atoms with Crippen LogP contribution < -0.4 is 5.73 Å². The molecule has 0 aliphatic heterocycles. The van der Waals surface area contributed by atoms with Crippen LogP contribution in [0, 0.1) is 0 Å². The van der Waals surface area contributed by atoms with Gasteiger partial charge < -0.3 is 5.73 Å². The number of aryl methyl sites for hydroxylation is 1. The van der Waals surface area contributed by atoms with Gasteiger partial charge in [-0.2, -0.15) is 5.10 Å². The van der Waals surface area contributed by atoms with E-state index in [-0.39, 0.29) is 6.04 Å². The summed E-state index contributed by atoms with van der Waals surface area (Å²) in [6.07, 6.45) is 5.11. The first-order chi connectivity index (χ1) is 7.18. The second-order valence-electron chi connectivity index (χ2n) is 3.29. The van der Waals surface area contributed by atoms with E-state index in [1.165, 1.54) is 0 Å². The number of hydrogen-bond donors (Lipinski definition) is 1. The van der Waals surface area contributed by atoms with Crippen molar-refractivity contribution in [3.05, 3.63) is 47.0 Å². The lowest BCUT2D eigenvalue weighted by molar-refractivity contribution is 0.715. The van der Waals surface area contributed by atoms with E-state index in [1.54, 1.807) is 17.1 Å². The molecule has 0 saturated heterocycles. The van der Waals surface area contributed by atoms with Gasteiger partial charge in [0.05, 0.1) is 16.8 Å². The van der Waals surface area contributed by atoms with E-state index in [9.17, 15) is 0 Å². The summed E-state index contributed by atoms with van der Waals surface area (Å²) in [7, 11) is 1.85. The van der Waals surface area contributed by atoms with E-state index in [0.29, 0.717) is 5.02 Å². The third-order valence-corrected chi connectivity index (χ3v) is 2.51. The number of halogens is 1. The highest BCUT2D eigenvalue weighted by Crippen LogP contribution is 2.23. The fraction of sp³-hybridized carbons (Fsp3) is 0.200. The van der Waals surface area contributed by atoms with E-state index >= 15 is 0 Å². The molecule has 0 spiro atoms. The van der Waals surface area contributed by atoms with Crippen LogP contribution in [0.1, 0.15) is 17.3 Å². The highest BCUT2D eigenvalue weighted by atomic mass is 35.5. The summed E-state index contributed by atoms with van der Waals surface area (Å²) in [6.45, 7) is 0. The van der Waals surface area contributed by atoms with Crippen LogP contribution >= 0.6 is 11.6 Å². The number of rotatable bonds is 2. The van der Waals surface area contributed by atoms with Gasteiger partial charge in [0.2, 0.25) is 0 Å². The van der Waals surface area contributed by atoms with Crippen molar-refractivity contribution in [1.82, 2.24) is 14.8 Å². The molecule has 2 heterocycles. The van der Waals surface area contributed by atoms with Crippen molar-refractivity contribution in [3.63, 3.8) is 0 Å². The van der Waals surface area contributed by atoms with Gasteiger partial charge in [-0.3, -0.25) is 9.67 Å². The summed E-state index contributed by atoms with van der Waals surface area (Å²) < 4.78 is 1.71. The molecular formula is C10H11ClN4. The van der Waals surface area contributed by atoms with Crippen LogP contribution in [0.3, 0.4) is 0 Å². The highest BCUT2D eigenvalue weighted by Gasteiger charge is 2.14. The summed E-state index contributed by atoms with van der Waals surface area (Å²) in [5.41, 5.74) is 7.68. The Morgan fingerprint density at radius 2 is 2.27 bits per heavy atom. The molecule has 2 aromatic rings. The Hall–Kier alpha value is -1.39. The maximum atomic E-state index is 6.04. The Morgan fingerprint density at radius 3 is 2.87 bits per heavy atom. The first kappa shape index (κ1) is 10.1. The van der Waals surface area contributed by atoms with E-state index in [1.807, 2.05) is 25.4 Å². The van der Waals surface area contributed by atoms with Crippen molar-refractivity contribution in [3.8, 4) is 0 Å². The third kappa shape index (κ3) is 2.00. The molecule has 2 N–H and O–H groups in total. The number of nitrogens with zero attached hydrogens (tertiary/aromatic N) is 3. The topological polar surface area (TPSA) is 56.7 Å². The fourth-order valence-electron chi connectivity index (χ4n) is 1.40. The van der Waals surface area contributed by atoms with Crippen LogP contribution in [0.15, 0.2) is 30.7 Å². The predicted molar refractivity (Wildman–Crippen MR) is 58.5 cm³/mol. The van der Waals surface area contributed by atoms with Crippen molar-refractivity contribution < 1.29 is 0 Å². The van der Waals surface area contributed by atoms with Gasteiger partial charge >= 0.3 is 0 Å². The zero-order valence-corrected chi connectivity index (χ0v) is 9.02. The van der Waals surface area contributed by atoms with Gasteiger partial charge in [0.15, 0.2) is 0 Å². The second kappa shape index (κ2) is 4.00. The molecule has 0 amide bonds. The Balaban J connectivity index is 2.36. The molecule has 2 aromatic heterocycles. The molecule has 5 heteroatoms. The van der Waals surface area contributed by atoms with E-state index in [0.717, 1.165) is 11.3 Å². The molecule has 0 radical (unpaired) electrons. The molecule has 1 unspecified atom stereocenters. The molecule has 0 aliphatic rings. The fourth-order valence-corrected chi connectivity index (χ4v) is 1.63. The highest BCUT2D eigenvalue weighted by molar-refractivity contribution is 6.31. The first-order valence-electron chi connectivity index (χ1n) is 4.53. The monoisotopic (exact) mass is 222 g/mol. The first-order valence-corrected chi connectivity index (χ1v) is 4.91. The Morgan fingerprint density at radius 1 is 1.47 bits per heavy atom. The number of pyridine rings is 1. The van der Waals surface area contributed by atoms with Gasteiger partial charge in [-0.25, -0.2) is 0 Å². The molecule has 4 nitrogen and oxygen atoms in total. The number of aromatic nitrogens is 3. The zero-order valence-electron chi connectivity index (χ0n) is 8.26. The molecule has 0 bridgehead atoms. The van der Waals surface area contributed by atoms with Crippen LogP contribution in [-0.2, 0) is 7.05 Å². The molecule has 15 heavy (non-hydrogen) atoms. The minimum atomic E-state index is -0.304. The maximum Gasteiger partial charge on any atom is 0.0837 e. The summed E-state index contributed by atoms with van der Waals surface area (Å²) in [4.78, 5) is 3.91. The molecule has 0 saturated carbocycles. The van der Waals surface area contributed by atoms with Crippen molar-refractivity contribution in [2.75, 3.05) is 0 Å². The molecule has 0 aromatic carbocycles. The molecule has 78 valence electrons. The quantitative estimate of drug-likeness (QED) is 0.838. The summed E-state index contributed by atoms with van der Waals surface area (Å²) in [5, 5.41) is 4.81. The third-order valence-electron chi connectivity index (χ3n) is 2.19. The lowest BCUT2D eigenvalue weighted by Crippen LogP contribution is -2.13.